The van der Waals surface area contributed by atoms with E-state index < -0.39 is 11.4 Å². The smallest absolute Gasteiger partial charge is 0.279 e. The first-order valence-corrected chi connectivity index (χ1v) is 7.51. The Bertz CT molecular complexity index is 1000. The molecule has 0 saturated carbocycles. The summed E-state index contributed by atoms with van der Waals surface area (Å²) in [6, 6.07) is 14.9. The molecule has 0 radical (unpaired) electrons. The Balaban J connectivity index is 2.83. The third-order valence-corrected chi connectivity index (χ3v) is 3.70. The van der Waals surface area contributed by atoms with Crippen LogP contribution in [-0.4, -0.2) is 11.7 Å². The van der Waals surface area contributed by atoms with Crippen LogP contribution in [0, 0.1) is 29.6 Å². The van der Waals surface area contributed by atoms with Crippen molar-refractivity contribution in [2.75, 3.05) is 0 Å². The number of ketones is 1. The molecule has 0 bridgehead atoms. The van der Waals surface area contributed by atoms with Crippen LogP contribution in [0.4, 0.5) is 0 Å². The molecule has 2 rings (SSSR count). The molecule has 0 aliphatic rings. The molecule has 1 heterocycles. The Hall–Kier alpha value is -3.50. The molecule has 0 unspecified atom stereocenters. The molecule has 0 saturated heterocycles. The summed E-state index contributed by atoms with van der Waals surface area (Å²) in [6.45, 7) is 1.75. The number of nitrogens with zero attached hydrogens (tertiary/aromatic N) is 4. The van der Waals surface area contributed by atoms with Crippen molar-refractivity contribution in [2.45, 2.75) is 6.92 Å². The predicted molar refractivity (Wildman–Crippen MR) is 93.5 cm³/mol. The highest BCUT2D eigenvalue weighted by atomic mass is 35.5. The van der Waals surface area contributed by atoms with Gasteiger partial charge in [-0.15, -0.1) is 0 Å². The Morgan fingerprint density at radius 2 is 1.80 bits per heavy atom. The number of pyridine rings is 1. The molecule has 0 amide bonds. The van der Waals surface area contributed by atoms with E-state index in [0.717, 1.165) is 0 Å². The SMILES string of the molecule is Cc1cccc[n+]1C(C(=O)c1ccc(Cl)cc1)=C(C#N)C(=C=[N-])C#N. The molecule has 5 nitrogen and oxygen atoms in total. The predicted octanol–water partition coefficient (Wildman–Crippen LogP) is 3.24. The van der Waals surface area contributed by atoms with Gasteiger partial charge in [-0.1, -0.05) is 17.7 Å². The molecule has 120 valence electrons. The van der Waals surface area contributed by atoms with Gasteiger partial charge in [0.25, 0.3) is 11.5 Å². The zero-order valence-electron chi connectivity index (χ0n) is 13.2. The molecule has 1 aromatic carbocycles. The summed E-state index contributed by atoms with van der Waals surface area (Å²) in [5, 5.41) is 28.3. The van der Waals surface area contributed by atoms with E-state index in [2.05, 4.69) is 0 Å². The number of allylic oxidation sites excluding steroid dienone is 3. The maximum atomic E-state index is 13.0. The minimum Gasteiger partial charge on any atom is -0.762 e. The van der Waals surface area contributed by atoms with Crippen LogP contribution < -0.4 is 4.57 Å². The summed E-state index contributed by atoms with van der Waals surface area (Å²) in [5.74, 6) is 1.19. The van der Waals surface area contributed by atoms with Crippen molar-refractivity contribution >= 4 is 29.0 Å². The monoisotopic (exact) mass is 346 g/mol. The summed E-state index contributed by atoms with van der Waals surface area (Å²) < 4.78 is 1.49. The second-order valence-corrected chi connectivity index (χ2v) is 5.42. The molecular formula is C19H11ClN4O. The summed E-state index contributed by atoms with van der Waals surface area (Å²) >= 11 is 5.85. The number of hydrogen-bond acceptors (Lipinski definition) is 3. The Morgan fingerprint density at radius 3 is 2.32 bits per heavy atom. The highest BCUT2D eigenvalue weighted by Crippen LogP contribution is 2.19. The van der Waals surface area contributed by atoms with E-state index in [1.54, 1.807) is 55.4 Å². The lowest BCUT2D eigenvalue weighted by molar-refractivity contribution is -0.584. The summed E-state index contributed by atoms with van der Waals surface area (Å²) in [6.07, 6.45) is 1.60. The van der Waals surface area contributed by atoms with Gasteiger partial charge < -0.3 is 5.41 Å². The molecule has 0 aliphatic carbocycles. The first kappa shape index (κ1) is 17.8. The van der Waals surface area contributed by atoms with Crippen LogP contribution in [0.1, 0.15) is 16.1 Å². The molecular weight excluding hydrogens is 336 g/mol. The first-order valence-electron chi connectivity index (χ1n) is 7.13. The number of aromatic nitrogens is 1. The van der Waals surface area contributed by atoms with Gasteiger partial charge in [-0.3, -0.25) is 4.79 Å². The van der Waals surface area contributed by atoms with E-state index in [-0.39, 0.29) is 16.8 Å². The average molecular weight is 347 g/mol. The molecule has 1 aromatic heterocycles. The van der Waals surface area contributed by atoms with Gasteiger partial charge in [-0.25, -0.2) is 5.87 Å². The van der Waals surface area contributed by atoms with Crippen molar-refractivity contribution < 1.29 is 9.36 Å². The maximum Gasteiger partial charge on any atom is 0.279 e. The molecule has 0 N–H and O–H groups in total. The normalized spacial score (nSPS) is 10.7. The number of Topliss-reactive ketones (excluding diaryl/α,β-unsaturated/α-hetero) is 1. The van der Waals surface area contributed by atoms with E-state index in [1.165, 1.54) is 16.7 Å². The highest BCUT2D eigenvalue weighted by Gasteiger charge is 2.30. The van der Waals surface area contributed by atoms with Crippen LogP contribution in [0.15, 0.2) is 59.8 Å². The van der Waals surface area contributed by atoms with Gasteiger partial charge in [0.15, 0.2) is 17.5 Å². The number of carbonyl (C=O) groups is 1. The average Bonchev–Trinajstić information content (AvgIpc) is 2.63. The fourth-order valence-electron chi connectivity index (χ4n) is 2.22. The Morgan fingerprint density at radius 1 is 1.12 bits per heavy atom. The quantitative estimate of drug-likeness (QED) is 0.212. The standard InChI is InChI=1S/C19H11ClN4O/c1-13-4-2-3-9-24(13)18(17(12-23)15(10-21)11-22)19(25)14-5-7-16(20)8-6-14/h2-9H,1H3. The van der Waals surface area contributed by atoms with E-state index in [4.69, 9.17) is 22.3 Å². The number of benzene rings is 1. The van der Waals surface area contributed by atoms with Crippen LogP contribution in [-0.2, 0) is 0 Å². The van der Waals surface area contributed by atoms with Crippen LogP contribution in [0.25, 0.3) is 11.1 Å². The molecule has 25 heavy (non-hydrogen) atoms. The van der Waals surface area contributed by atoms with Crippen molar-refractivity contribution in [3.63, 3.8) is 0 Å². The second kappa shape index (κ2) is 7.86. The van der Waals surface area contributed by atoms with E-state index >= 15 is 0 Å². The Kier molecular flexibility index (Phi) is 5.61. The van der Waals surface area contributed by atoms with Crippen LogP contribution >= 0.6 is 11.6 Å². The second-order valence-electron chi connectivity index (χ2n) is 4.98. The first-order chi connectivity index (χ1) is 12.0. The zero-order valence-corrected chi connectivity index (χ0v) is 13.9. The molecule has 0 fully saturated rings. The number of halogens is 1. The topological polar surface area (TPSA) is 90.8 Å². The largest absolute Gasteiger partial charge is 0.762 e. The van der Waals surface area contributed by atoms with Gasteiger partial charge in [0.05, 0.1) is 5.57 Å². The molecule has 6 heteroatoms. The maximum absolute atomic E-state index is 13.0. The van der Waals surface area contributed by atoms with Gasteiger partial charge in [-0.05, 0) is 24.3 Å². The van der Waals surface area contributed by atoms with Crippen molar-refractivity contribution in [2.24, 2.45) is 0 Å². The van der Waals surface area contributed by atoms with E-state index in [9.17, 15) is 10.1 Å². The fourth-order valence-corrected chi connectivity index (χ4v) is 2.35. The summed E-state index contributed by atoms with van der Waals surface area (Å²) in [7, 11) is 0. The molecule has 0 aliphatic heterocycles. The molecule has 0 spiro atoms. The van der Waals surface area contributed by atoms with Crippen LogP contribution in [0.3, 0.4) is 0 Å². The number of carbonyl (C=O) groups excluding carboxylic acids is 1. The number of aryl methyl sites for hydroxylation is 1. The third-order valence-electron chi connectivity index (χ3n) is 3.45. The summed E-state index contributed by atoms with van der Waals surface area (Å²) in [4.78, 5) is 13.0. The van der Waals surface area contributed by atoms with Gasteiger partial charge in [0.2, 0.25) is 0 Å². The lowest BCUT2D eigenvalue weighted by Gasteiger charge is -2.06. The minimum atomic E-state index is -0.490. The van der Waals surface area contributed by atoms with E-state index in [1.807, 2.05) is 6.07 Å². The zero-order chi connectivity index (χ0) is 18.4. The highest BCUT2D eigenvalue weighted by molar-refractivity contribution is 6.31. The van der Waals surface area contributed by atoms with Crippen molar-refractivity contribution in [1.82, 2.24) is 0 Å². The number of rotatable bonds is 4. The summed E-state index contributed by atoms with van der Waals surface area (Å²) in [5.41, 5.74) is 0.210. The van der Waals surface area contributed by atoms with Gasteiger partial charge in [0.1, 0.15) is 12.1 Å². The Labute approximate surface area is 149 Å². The molecule has 2 aromatic rings. The van der Waals surface area contributed by atoms with Gasteiger partial charge in [0, 0.05) is 29.6 Å². The fraction of sp³-hybridized carbons (Fsp3) is 0.0526. The van der Waals surface area contributed by atoms with Crippen molar-refractivity contribution in [1.29, 1.82) is 10.5 Å². The number of nitriles is 2. The van der Waals surface area contributed by atoms with Gasteiger partial charge in [-0.2, -0.15) is 15.1 Å². The minimum absolute atomic E-state index is 0.0546. The lowest BCUT2D eigenvalue weighted by Crippen LogP contribution is -2.40. The van der Waals surface area contributed by atoms with Crippen LogP contribution in [0.2, 0.25) is 5.02 Å². The van der Waals surface area contributed by atoms with Crippen LogP contribution in [0.5, 0.6) is 0 Å². The number of hydrogen-bond donors (Lipinski definition) is 0. The van der Waals surface area contributed by atoms with Crippen molar-refractivity contribution in [3.05, 3.63) is 81.5 Å². The third kappa shape index (κ3) is 3.71. The van der Waals surface area contributed by atoms with Crippen molar-refractivity contribution in [3.8, 4) is 12.1 Å². The lowest BCUT2D eigenvalue weighted by atomic mass is 10.00. The van der Waals surface area contributed by atoms with Gasteiger partial charge >= 0.3 is 0 Å². The van der Waals surface area contributed by atoms with E-state index in [0.29, 0.717) is 10.7 Å². The molecule has 0 atom stereocenters.